The van der Waals surface area contributed by atoms with Crippen LogP contribution < -0.4 is 5.32 Å². The molecule has 1 aromatic rings. The molecule has 1 rings (SSSR count). The third-order valence-corrected chi connectivity index (χ3v) is 2.01. The van der Waals surface area contributed by atoms with Crippen molar-refractivity contribution in [3.8, 4) is 6.07 Å². The fraction of sp³-hybridized carbons (Fsp3) is 0.364. The van der Waals surface area contributed by atoms with Crippen molar-refractivity contribution in [1.82, 2.24) is 10.3 Å². The molecule has 1 atom stereocenters. The third kappa shape index (κ3) is 3.77. The maximum Gasteiger partial charge on any atom is 0.224 e. The maximum absolute atomic E-state index is 11.4. The van der Waals surface area contributed by atoms with Crippen molar-refractivity contribution in [2.24, 2.45) is 5.92 Å². The molecule has 78 valence electrons. The van der Waals surface area contributed by atoms with Gasteiger partial charge in [0.05, 0.1) is 18.3 Å². The fourth-order valence-electron chi connectivity index (χ4n) is 1.08. The summed E-state index contributed by atoms with van der Waals surface area (Å²) in [5, 5.41) is 11.2. The zero-order valence-electron chi connectivity index (χ0n) is 8.60. The van der Waals surface area contributed by atoms with Crippen LogP contribution in [0.3, 0.4) is 0 Å². The van der Waals surface area contributed by atoms with Gasteiger partial charge in [-0.25, -0.2) is 0 Å². The second-order valence-electron chi connectivity index (χ2n) is 3.30. The molecule has 1 unspecified atom stereocenters. The minimum atomic E-state index is -0.265. The average molecular weight is 203 g/mol. The Balaban J connectivity index is 2.38. The Hall–Kier alpha value is -1.89. The van der Waals surface area contributed by atoms with E-state index in [1.165, 1.54) is 0 Å². The fourth-order valence-corrected chi connectivity index (χ4v) is 1.08. The molecule has 15 heavy (non-hydrogen) atoms. The summed E-state index contributed by atoms with van der Waals surface area (Å²) in [7, 11) is 0. The van der Waals surface area contributed by atoms with Crippen LogP contribution in [0.4, 0.5) is 0 Å². The molecular formula is C11H13N3O. The minimum absolute atomic E-state index is 0.109. The number of pyridine rings is 1. The summed E-state index contributed by atoms with van der Waals surface area (Å²) >= 11 is 0. The minimum Gasteiger partial charge on any atom is -0.350 e. The number of amides is 1. The number of hydrogen-bond donors (Lipinski definition) is 1. The molecule has 1 aromatic heterocycles. The molecule has 4 nitrogen and oxygen atoms in total. The normalized spacial score (nSPS) is 11.5. The molecule has 1 amide bonds. The number of carbonyl (C=O) groups is 1. The summed E-state index contributed by atoms with van der Waals surface area (Å²) in [6, 6.07) is 7.50. The van der Waals surface area contributed by atoms with Gasteiger partial charge in [0.15, 0.2) is 0 Å². The van der Waals surface area contributed by atoms with E-state index in [4.69, 9.17) is 5.26 Å². The van der Waals surface area contributed by atoms with Gasteiger partial charge in [-0.15, -0.1) is 0 Å². The zero-order chi connectivity index (χ0) is 11.1. The highest BCUT2D eigenvalue weighted by Crippen LogP contribution is 2.00. The first-order chi connectivity index (χ1) is 7.24. The number of aromatic nitrogens is 1. The summed E-state index contributed by atoms with van der Waals surface area (Å²) in [5.41, 5.74) is 0.815. The Bertz CT molecular complexity index is 356. The van der Waals surface area contributed by atoms with Crippen LogP contribution in [0.25, 0.3) is 0 Å². The van der Waals surface area contributed by atoms with E-state index in [-0.39, 0.29) is 18.2 Å². The molecule has 4 heteroatoms. The summed E-state index contributed by atoms with van der Waals surface area (Å²) in [5.74, 6) is -0.374. The molecule has 0 fully saturated rings. The van der Waals surface area contributed by atoms with Crippen molar-refractivity contribution in [3.63, 3.8) is 0 Å². The molecule has 0 spiro atoms. The van der Waals surface area contributed by atoms with Crippen molar-refractivity contribution >= 4 is 5.91 Å². The van der Waals surface area contributed by atoms with Gasteiger partial charge in [0.1, 0.15) is 0 Å². The number of nitrogens with zero attached hydrogens (tertiary/aromatic N) is 2. The molecule has 0 aromatic carbocycles. The van der Waals surface area contributed by atoms with Gasteiger partial charge in [0.2, 0.25) is 5.91 Å². The van der Waals surface area contributed by atoms with Gasteiger partial charge in [-0.1, -0.05) is 13.0 Å². The second-order valence-corrected chi connectivity index (χ2v) is 3.30. The Labute approximate surface area is 88.9 Å². The number of nitrogens with one attached hydrogen (secondary N) is 1. The standard InChI is InChI=1S/C11H13N3O/c1-9(5-6-12)11(15)14-8-10-4-2-3-7-13-10/h2-4,7,9H,5,8H2,1H3,(H,14,15). The van der Waals surface area contributed by atoms with Crippen LogP contribution in [0.1, 0.15) is 19.0 Å². The summed E-state index contributed by atoms with van der Waals surface area (Å²) in [6.07, 6.45) is 1.92. The summed E-state index contributed by atoms with van der Waals surface area (Å²) < 4.78 is 0. The molecule has 0 aliphatic carbocycles. The van der Waals surface area contributed by atoms with E-state index < -0.39 is 0 Å². The van der Waals surface area contributed by atoms with Gasteiger partial charge in [0, 0.05) is 18.5 Å². The summed E-state index contributed by atoms with van der Waals surface area (Å²) in [6.45, 7) is 2.15. The van der Waals surface area contributed by atoms with Gasteiger partial charge in [-0.3, -0.25) is 9.78 Å². The lowest BCUT2D eigenvalue weighted by molar-refractivity contribution is -0.124. The van der Waals surface area contributed by atoms with Gasteiger partial charge < -0.3 is 5.32 Å². The smallest absolute Gasteiger partial charge is 0.224 e. The molecular weight excluding hydrogens is 190 g/mol. The van der Waals surface area contributed by atoms with Crippen LogP contribution >= 0.6 is 0 Å². The van der Waals surface area contributed by atoms with Crippen molar-refractivity contribution < 1.29 is 4.79 Å². The average Bonchev–Trinajstić information content (AvgIpc) is 2.27. The molecule has 0 saturated carbocycles. The first-order valence-corrected chi connectivity index (χ1v) is 4.78. The van der Waals surface area contributed by atoms with E-state index >= 15 is 0 Å². The van der Waals surface area contributed by atoms with E-state index in [1.54, 1.807) is 13.1 Å². The van der Waals surface area contributed by atoms with Crippen LogP contribution in [-0.4, -0.2) is 10.9 Å². The molecule has 0 aliphatic rings. The van der Waals surface area contributed by atoms with Crippen LogP contribution in [0.2, 0.25) is 0 Å². The van der Waals surface area contributed by atoms with Crippen molar-refractivity contribution in [1.29, 1.82) is 5.26 Å². The molecule has 0 bridgehead atoms. The molecule has 0 saturated heterocycles. The van der Waals surface area contributed by atoms with E-state index in [9.17, 15) is 4.79 Å². The van der Waals surface area contributed by atoms with Crippen LogP contribution in [0.5, 0.6) is 0 Å². The van der Waals surface area contributed by atoms with Crippen molar-refractivity contribution in [2.45, 2.75) is 19.9 Å². The third-order valence-electron chi connectivity index (χ3n) is 2.01. The predicted molar refractivity (Wildman–Crippen MR) is 55.5 cm³/mol. The van der Waals surface area contributed by atoms with Crippen molar-refractivity contribution in [2.75, 3.05) is 0 Å². The van der Waals surface area contributed by atoms with Gasteiger partial charge in [0.25, 0.3) is 0 Å². The topological polar surface area (TPSA) is 65.8 Å². The van der Waals surface area contributed by atoms with Crippen LogP contribution in [-0.2, 0) is 11.3 Å². The van der Waals surface area contributed by atoms with E-state index in [0.29, 0.717) is 6.54 Å². The van der Waals surface area contributed by atoms with Crippen LogP contribution in [0, 0.1) is 17.2 Å². The van der Waals surface area contributed by atoms with E-state index in [0.717, 1.165) is 5.69 Å². The van der Waals surface area contributed by atoms with Gasteiger partial charge in [-0.2, -0.15) is 5.26 Å². The molecule has 0 aliphatic heterocycles. The first-order valence-electron chi connectivity index (χ1n) is 4.78. The van der Waals surface area contributed by atoms with Gasteiger partial charge in [-0.05, 0) is 12.1 Å². The highest BCUT2D eigenvalue weighted by molar-refractivity contribution is 5.78. The number of rotatable bonds is 4. The monoisotopic (exact) mass is 203 g/mol. The first kappa shape index (κ1) is 11.2. The zero-order valence-corrected chi connectivity index (χ0v) is 8.60. The van der Waals surface area contributed by atoms with E-state index in [1.807, 2.05) is 24.3 Å². The largest absolute Gasteiger partial charge is 0.350 e. The highest BCUT2D eigenvalue weighted by Gasteiger charge is 2.11. The van der Waals surface area contributed by atoms with Gasteiger partial charge >= 0.3 is 0 Å². The Morgan fingerprint density at radius 2 is 2.47 bits per heavy atom. The molecule has 1 heterocycles. The number of hydrogen-bond acceptors (Lipinski definition) is 3. The van der Waals surface area contributed by atoms with E-state index in [2.05, 4.69) is 10.3 Å². The Morgan fingerprint density at radius 3 is 3.07 bits per heavy atom. The molecule has 1 N–H and O–H groups in total. The maximum atomic E-state index is 11.4. The summed E-state index contributed by atoms with van der Waals surface area (Å²) in [4.78, 5) is 15.5. The predicted octanol–water partition coefficient (Wildman–Crippen LogP) is 1.25. The lowest BCUT2D eigenvalue weighted by Crippen LogP contribution is -2.28. The van der Waals surface area contributed by atoms with Crippen molar-refractivity contribution in [3.05, 3.63) is 30.1 Å². The quantitative estimate of drug-likeness (QED) is 0.800. The number of nitriles is 1. The SMILES string of the molecule is CC(CC#N)C(=O)NCc1ccccn1. The van der Waals surface area contributed by atoms with Crippen LogP contribution in [0.15, 0.2) is 24.4 Å². The number of carbonyl (C=O) groups excluding carboxylic acids is 1. The Morgan fingerprint density at radius 1 is 1.67 bits per heavy atom. The Kier molecular flexibility index (Phi) is 4.30. The second kappa shape index (κ2) is 5.76. The lowest BCUT2D eigenvalue weighted by Gasteiger charge is -2.08. The lowest BCUT2D eigenvalue weighted by atomic mass is 10.1. The molecule has 0 radical (unpaired) electrons. The highest BCUT2D eigenvalue weighted by atomic mass is 16.1.